The van der Waals surface area contributed by atoms with Crippen molar-refractivity contribution in [2.45, 2.75) is 5.25 Å². The molecular formula is C14H15F2N3O2S. The molecule has 1 aromatic carbocycles. The summed E-state index contributed by atoms with van der Waals surface area (Å²) in [6.45, 7) is 0. The lowest BCUT2D eigenvalue weighted by Gasteiger charge is -2.18. The van der Waals surface area contributed by atoms with Gasteiger partial charge in [0.25, 0.3) is 0 Å². The van der Waals surface area contributed by atoms with E-state index in [1.807, 2.05) is 0 Å². The monoisotopic (exact) mass is 327 g/mol. The maximum Gasteiger partial charge on any atom is 0.220 e. The molecule has 2 N–H and O–H groups in total. The minimum Gasteiger partial charge on any atom is -0.481 e. The number of hydrogen-bond donors (Lipinski definition) is 1. The van der Waals surface area contributed by atoms with E-state index in [-0.39, 0.29) is 28.8 Å². The molecule has 0 fully saturated rings. The highest BCUT2D eigenvalue weighted by Crippen LogP contribution is 2.39. The number of nitrogens with zero attached hydrogens (tertiary/aromatic N) is 2. The number of nitrogens with two attached hydrogens (primary N) is 1. The van der Waals surface area contributed by atoms with Crippen molar-refractivity contribution in [3.05, 3.63) is 41.2 Å². The van der Waals surface area contributed by atoms with Gasteiger partial charge in [-0.1, -0.05) is 0 Å². The molecule has 1 heterocycles. The Kier molecular flexibility index (Phi) is 5.02. The molecule has 0 aliphatic rings. The second-order valence-corrected chi connectivity index (χ2v) is 5.23. The fraction of sp³-hybridized carbons (Fsp3) is 0.286. The quantitative estimate of drug-likeness (QED) is 0.852. The van der Waals surface area contributed by atoms with Crippen LogP contribution < -0.4 is 15.2 Å². The summed E-state index contributed by atoms with van der Waals surface area (Å²) in [5.74, 6) is -0.568. The third kappa shape index (κ3) is 3.06. The van der Waals surface area contributed by atoms with Gasteiger partial charge in [-0.05, 0) is 18.4 Å². The van der Waals surface area contributed by atoms with Crippen molar-refractivity contribution in [2.24, 2.45) is 0 Å². The zero-order chi connectivity index (χ0) is 16.3. The molecular weight excluding hydrogens is 312 g/mol. The Balaban J connectivity index is 2.60. The zero-order valence-corrected chi connectivity index (χ0v) is 13.1. The van der Waals surface area contributed by atoms with Crippen molar-refractivity contribution < 1.29 is 18.3 Å². The van der Waals surface area contributed by atoms with Crippen molar-refractivity contribution in [3.8, 4) is 11.8 Å². The van der Waals surface area contributed by atoms with Gasteiger partial charge in [-0.15, -0.1) is 11.8 Å². The summed E-state index contributed by atoms with van der Waals surface area (Å²) in [6.07, 6.45) is 1.73. The summed E-state index contributed by atoms with van der Waals surface area (Å²) in [4.78, 5) is 8.36. The van der Waals surface area contributed by atoms with Gasteiger partial charge in [-0.3, -0.25) is 0 Å². The number of halogens is 2. The van der Waals surface area contributed by atoms with Crippen LogP contribution >= 0.6 is 11.8 Å². The number of benzene rings is 1. The lowest BCUT2D eigenvalue weighted by Crippen LogP contribution is -2.10. The smallest absolute Gasteiger partial charge is 0.220 e. The Bertz CT molecular complexity index is 663. The topological polar surface area (TPSA) is 70.3 Å². The Morgan fingerprint density at radius 2 is 1.64 bits per heavy atom. The average Bonchev–Trinajstić information content (AvgIpc) is 2.54. The van der Waals surface area contributed by atoms with Gasteiger partial charge in [0.15, 0.2) is 5.82 Å². The van der Waals surface area contributed by atoms with Crippen LogP contribution in [0.3, 0.4) is 0 Å². The van der Waals surface area contributed by atoms with Gasteiger partial charge < -0.3 is 15.2 Å². The minimum absolute atomic E-state index is 0.00260. The van der Waals surface area contributed by atoms with Crippen LogP contribution in [0, 0.1) is 11.6 Å². The molecule has 22 heavy (non-hydrogen) atoms. The molecule has 1 atom stereocenters. The molecule has 0 amide bonds. The first-order chi connectivity index (χ1) is 10.5. The van der Waals surface area contributed by atoms with Crippen molar-refractivity contribution in [1.29, 1.82) is 0 Å². The number of methoxy groups -OCH3 is 2. The number of hydrogen-bond acceptors (Lipinski definition) is 6. The molecule has 0 spiro atoms. The maximum absolute atomic E-state index is 14.1. The first-order valence-corrected chi connectivity index (χ1v) is 7.53. The van der Waals surface area contributed by atoms with E-state index >= 15 is 0 Å². The number of aromatic nitrogens is 2. The second kappa shape index (κ2) is 6.78. The SMILES string of the molecule is COc1cc(OC)nc(C(SC)c2c(F)ccc(F)c2N)n1. The zero-order valence-electron chi connectivity index (χ0n) is 12.3. The van der Waals surface area contributed by atoms with Crippen LogP contribution in [0.25, 0.3) is 0 Å². The summed E-state index contributed by atoms with van der Waals surface area (Å²) < 4.78 is 38.0. The summed E-state index contributed by atoms with van der Waals surface area (Å²) in [5.41, 5.74) is 5.44. The van der Waals surface area contributed by atoms with Crippen molar-refractivity contribution in [1.82, 2.24) is 9.97 Å². The molecule has 1 aromatic heterocycles. The summed E-state index contributed by atoms with van der Waals surface area (Å²) in [6, 6.07) is 3.51. The first kappa shape index (κ1) is 16.3. The third-order valence-corrected chi connectivity index (χ3v) is 3.95. The van der Waals surface area contributed by atoms with Gasteiger partial charge in [0.2, 0.25) is 11.8 Å². The van der Waals surface area contributed by atoms with Gasteiger partial charge >= 0.3 is 0 Å². The number of ether oxygens (including phenoxy) is 2. The molecule has 2 rings (SSSR count). The van der Waals surface area contributed by atoms with Gasteiger partial charge in [-0.25, -0.2) is 8.78 Å². The Morgan fingerprint density at radius 1 is 1.09 bits per heavy atom. The van der Waals surface area contributed by atoms with Crippen LogP contribution in [0.2, 0.25) is 0 Å². The predicted octanol–water partition coefficient (Wildman–Crippen LogP) is 2.81. The highest BCUT2D eigenvalue weighted by Gasteiger charge is 2.25. The van der Waals surface area contributed by atoms with E-state index in [1.54, 1.807) is 6.26 Å². The molecule has 5 nitrogen and oxygen atoms in total. The first-order valence-electron chi connectivity index (χ1n) is 6.25. The predicted molar refractivity (Wildman–Crippen MR) is 81.3 cm³/mol. The molecule has 8 heteroatoms. The third-order valence-electron chi connectivity index (χ3n) is 3.03. The molecule has 0 aliphatic carbocycles. The number of rotatable bonds is 5. The van der Waals surface area contributed by atoms with Crippen molar-refractivity contribution >= 4 is 17.4 Å². The number of thioether (sulfide) groups is 1. The molecule has 0 bridgehead atoms. The van der Waals surface area contributed by atoms with Crippen LogP contribution in [0.1, 0.15) is 16.6 Å². The number of anilines is 1. The van der Waals surface area contributed by atoms with Crippen LogP contribution in [-0.4, -0.2) is 30.4 Å². The van der Waals surface area contributed by atoms with E-state index in [9.17, 15) is 8.78 Å². The lowest BCUT2D eigenvalue weighted by atomic mass is 10.1. The van der Waals surface area contributed by atoms with Gasteiger partial charge in [0, 0.05) is 5.56 Å². The highest BCUT2D eigenvalue weighted by atomic mass is 32.2. The van der Waals surface area contributed by atoms with Gasteiger partial charge in [0.05, 0.1) is 31.2 Å². The Labute approximate surface area is 130 Å². The minimum atomic E-state index is -0.695. The summed E-state index contributed by atoms with van der Waals surface area (Å²) in [5, 5.41) is -0.695. The van der Waals surface area contributed by atoms with Crippen LogP contribution in [-0.2, 0) is 0 Å². The van der Waals surface area contributed by atoms with Gasteiger partial charge in [0.1, 0.15) is 11.6 Å². The van der Waals surface area contributed by atoms with Crippen molar-refractivity contribution in [3.63, 3.8) is 0 Å². The van der Waals surface area contributed by atoms with E-state index in [1.165, 1.54) is 32.0 Å². The molecule has 0 saturated carbocycles. The van der Waals surface area contributed by atoms with Crippen LogP contribution in [0.4, 0.5) is 14.5 Å². The molecule has 1 unspecified atom stereocenters. The van der Waals surface area contributed by atoms with Crippen molar-refractivity contribution in [2.75, 3.05) is 26.2 Å². The Hall–Kier alpha value is -2.09. The normalized spacial score (nSPS) is 12.0. The fourth-order valence-corrected chi connectivity index (χ4v) is 2.74. The summed E-state index contributed by atoms with van der Waals surface area (Å²) in [7, 11) is 2.88. The van der Waals surface area contributed by atoms with E-state index in [0.717, 1.165) is 12.1 Å². The van der Waals surface area contributed by atoms with Crippen LogP contribution in [0.15, 0.2) is 18.2 Å². The number of nitrogen functional groups attached to an aromatic ring is 1. The van der Waals surface area contributed by atoms with E-state index < -0.39 is 16.9 Å². The molecule has 118 valence electrons. The standard InChI is InChI=1S/C14H15F2N3O2S/c1-20-9-6-10(21-2)19-14(18-9)13(22-3)11-7(15)4-5-8(16)12(11)17/h4-6,13H,17H2,1-3H3. The molecule has 2 aromatic rings. The highest BCUT2D eigenvalue weighted by molar-refractivity contribution is 7.99. The molecule has 0 saturated heterocycles. The molecule has 0 aliphatic heterocycles. The summed E-state index contributed by atoms with van der Waals surface area (Å²) >= 11 is 1.23. The lowest BCUT2D eigenvalue weighted by molar-refractivity contribution is 0.368. The second-order valence-electron chi connectivity index (χ2n) is 4.28. The van der Waals surface area contributed by atoms with E-state index in [2.05, 4.69) is 9.97 Å². The largest absolute Gasteiger partial charge is 0.481 e. The Morgan fingerprint density at radius 3 is 2.14 bits per heavy atom. The maximum atomic E-state index is 14.1. The average molecular weight is 327 g/mol. The van der Waals surface area contributed by atoms with Crippen LogP contribution in [0.5, 0.6) is 11.8 Å². The van der Waals surface area contributed by atoms with Gasteiger partial charge in [-0.2, -0.15) is 9.97 Å². The van der Waals surface area contributed by atoms with E-state index in [4.69, 9.17) is 15.2 Å². The molecule has 0 radical (unpaired) electrons. The fourth-order valence-electron chi connectivity index (χ4n) is 1.95. The van der Waals surface area contributed by atoms with E-state index in [0.29, 0.717) is 0 Å².